The molecule has 1 unspecified atom stereocenters. The minimum Gasteiger partial charge on any atom is -0.378 e. The maximum Gasteiger partial charge on any atom is 0.0469 e. The van der Waals surface area contributed by atoms with Crippen LogP contribution >= 0.6 is 0 Å². The number of hydrogen-bond donors (Lipinski definition) is 2. The molecule has 1 aromatic rings. The first kappa shape index (κ1) is 12.6. The molecule has 0 saturated heterocycles. The van der Waals surface area contributed by atoms with Crippen LogP contribution in [-0.2, 0) is 0 Å². The van der Waals surface area contributed by atoms with Gasteiger partial charge in [0.15, 0.2) is 0 Å². The van der Waals surface area contributed by atoms with E-state index in [-0.39, 0.29) is 6.04 Å². The van der Waals surface area contributed by atoms with E-state index in [1.165, 1.54) is 11.3 Å². The second-order valence-electron chi connectivity index (χ2n) is 3.95. The third-order valence-electron chi connectivity index (χ3n) is 2.59. The Morgan fingerprint density at radius 2 is 2.00 bits per heavy atom. The van der Waals surface area contributed by atoms with E-state index in [9.17, 15) is 0 Å². The standard InChI is InChI=1S/C13H19N3/c1-4-5-6-13(15-14)11-7-9-12(10-8-11)16(2)3/h1,7-10,13,15H,5-6,14H2,2-3H3. The highest BCUT2D eigenvalue weighted by Gasteiger charge is 2.08. The van der Waals surface area contributed by atoms with Gasteiger partial charge in [0.25, 0.3) is 0 Å². The van der Waals surface area contributed by atoms with Crippen molar-refractivity contribution in [1.29, 1.82) is 0 Å². The lowest BCUT2D eigenvalue weighted by Crippen LogP contribution is -2.27. The van der Waals surface area contributed by atoms with Gasteiger partial charge in [0.05, 0.1) is 0 Å². The van der Waals surface area contributed by atoms with E-state index in [0.29, 0.717) is 0 Å². The van der Waals surface area contributed by atoms with E-state index in [0.717, 1.165) is 12.8 Å². The fraction of sp³-hybridized carbons (Fsp3) is 0.385. The quantitative estimate of drug-likeness (QED) is 0.448. The molecule has 3 nitrogen and oxygen atoms in total. The first-order chi connectivity index (χ1) is 7.69. The Hall–Kier alpha value is -1.50. The molecule has 0 aliphatic carbocycles. The predicted octanol–water partition coefficient (Wildman–Crippen LogP) is 1.67. The van der Waals surface area contributed by atoms with Crippen LogP contribution in [0.4, 0.5) is 5.69 Å². The van der Waals surface area contributed by atoms with Gasteiger partial charge in [-0.3, -0.25) is 11.3 Å². The monoisotopic (exact) mass is 217 g/mol. The molecule has 86 valence electrons. The number of terminal acetylenes is 1. The van der Waals surface area contributed by atoms with Crippen LogP contribution in [0, 0.1) is 12.3 Å². The molecule has 0 radical (unpaired) electrons. The summed E-state index contributed by atoms with van der Waals surface area (Å²) in [5.74, 6) is 8.14. The van der Waals surface area contributed by atoms with Crippen molar-refractivity contribution in [3.05, 3.63) is 29.8 Å². The zero-order chi connectivity index (χ0) is 12.0. The van der Waals surface area contributed by atoms with E-state index in [1.807, 2.05) is 14.1 Å². The first-order valence-electron chi connectivity index (χ1n) is 5.36. The number of nitrogens with zero attached hydrogens (tertiary/aromatic N) is 1. The van der Waals surface area contributed by atoms with Crippen LogP contribution in [0.25, 0.3) is 0 Å². The lowest BCUT2D eigenvalue weighted by molar-refractivity contribution is 0.524. The van der Waals surface area contributed by atoms with Gasteiger partial charge in [0, 0.05) is 32.2 Å². The van der Waals surface area contributed by atoms with E-state index in [1.54, 1.807) is 0 Å². The van der Waals surface area contributed by atoms with Crippen LogP contribution in [0.3, 0.4) is 0 Å². The molecule has 0 bridgehead atoms. The maximum absolute atomic E-state index is 5.51. The van der Waals surface area contributed by atoms with Gasteiger partial charge in [-0.2, -0.15) is 0 Å². The predicted molar refractivity (Wildman–Crippen MR) is 68.9 cm³/mol. The third kappa shape index (κ3) is 3.27. The molecular weight excluding hydrogens is 198 g/mol. The van der Waals surface area contributed by atoms with Crippen LogP contribution in [0.1, 0.15) is 24.4 Å². The van der Waals surface area contributed by atoms with Crippen molar-refractivity contribution in [3.8, 4) is 12.3 Å². The molecule has 0 aliphatic heterocycles. The smallest absolute Gasteiger partial charge is 0.0469 e. The SMILES string of the molecule is C#CCCC(NN)c1ccc(N(C)C)cc1. The number of rotatable bonds is 5. The highest BCUT2D eigenvalue weighted by Crippen LogP contribution is 2.20. The molecule has 1 atom stereocenters. The molecule has 3 heteroatoms. The topological polar surface area (TPSA) is 41.3 Å². The summed E-state index contributed by atoms with van der Waals surface area (Å²) < 4.78 is 0. The first-order valence-corrected chi connectivity index (χ1v) is 5.36. The zero-order valence-corrected chi connectivity index (χ0v) is 9.90. The van der Waals surface area contributed by atoms with Crippen LogP contribution in [0.15, 0.2) is 24.3 Å². The summed E-state index contributed by atoms with van der Waals surface area (Å²) in [7, 11) is 4.04. The second-order valence-corrected chi connectivity index (χ2v) is 3.95. The van der Waals surface area contributed by atoms with E-state index < -0.39 is 0 Å². The summed E-state index contributed by atoms with van der Waals surface area (Å²) >= 11 is 0. The number of hydrazine groups is 1. The molecule has 0 spiro atoms. The summed E-state index contributed by atoms with van der Waals surface area (Å²) in [5.41, 5.74) is 5.14. The normalized spacial score (nSPS) is 11.9. The molecule has 0 heterocycles. The summed E-state index contributed by atoms with van der Waals surface area (Å²) in [6, 6.07) is 8.45. The van der Waals surface area contributed by atoms with Crippen LogP contribution in [0.2, 0.25) is 0 Å². The summed E-state index contributed by atoms with van der Waals surface area (Å²) in [4.78, 5) is 2.07. The average molecular weight is 217 g/mol. The van der Waals surface area contributed by atoms with Gasteiger partial charge < -0.3 is 4.90 Å². The van der Waals surface area contributed by atoms with Crippen molar-refractivity contribution in [2.24, 2.45) is 5.84 Å². The number of nitrogens with two attached hydrogens (primary N) is 1. The Morgan fingerprint density at radius 1 is 1.38 bits per heavy atom. The Bertz CT molecular complexity index is 348. The number of nitrogens with one attached hydrogen (secondary N) is 1. The highest BCUT2D eigenvalue weighted by atomic mass is 15.2. The van der Waals surface area contributed by atoms with Crippen molar-refractivity contribution in [3.63, 3.8) is 0 Å². The molecule has 0 saturated carbocycles. The van der Waals surface area contributed by atoms with Crippen molar-refractivity contribution in [1.82, 2.24) is 5.43 Å². The summed E-state index contributed by atoms with van der Waals surface area (Å²) in [5, 5.41) is 0. The second kappa shape index (κ2) is 6.16. The largest absolute Gasteiger partial charge is 0.378 e. The fourth-order valence-corrected chi connectivity index (χ4v) is 1.58. The average Bonchev–Trinajstić information content (AvgIpc) is 2.30. The fourth-order valence-electron chi connectivity index (χ4n) is 1.58. The number of benzene rings is 1. The molecule has 0 fully saturated rings. The van der Waals surface area contributed by atoms with Gasteiger partial charge in [-0.15, -0.1) is 12.3 Å². The van der Waals surface area contributed by atoms with Crippen molar-refractivity contribution < 1.29 is 0 Å². The number of anilines is 1. The van der Waals surface area contributed by atoms with Gasteiger partial charge in [0.2, 0.25) is 0 Å². The molecular formula is C13H19N3. The van der Waals surface area contributed by atoms with Crippen LogP contribution < -0.4 is 16.2 Å². The van der Waals surface area contributed by atoms with Crippen molar-refractivity contribution in [2.45, 2.75) is 18.9 Å². The minimum absolute atomic E-state index is 0.132. The summed E-state index contributed by atoms with van der Waals surface area (Å²) in [6.45, 7) is 0. The van der Waals surface area contributed by atoms with Gasteiger partial charge in [-0.05, 0) is 24.1 Å². The van der Waals surface area contributed by atoms with Gasteiger partial charge >= 0.3 is 0 Å². The molecule has 1 rings (SSSR count). The summed E-state index contributed by atoms with van der Waals surface area (Å²) in [6.07, 6.45) is 6.83. The molecule has 16 heavy (non-hydrogen) atoms. The molecule has 0 amide bonds. The molecule has 3 N–H and O–H groups in total. The Kier molecular flexibility index (Phi) is 4.84. The lowest BCUT2D eigenvalue weighted by Gasteiger charge is -2.17. The minimum atomic E-state index is 0.132. The maximum atomic E-state index is 5.51. The van der Waals surface area contributed by atoms with Crippen molar-refractivity contribution in [2.75, 3.05) is 19.0 Å². The Balaban J connectivity index is 2.75. The zero-order valence-electron chi connectivity index (χ0n) is 9.90. The van der Waals surface area contributed by atoms with Gasteiger partial charge in [-0.25, -0.2) is 0 Å². The van der Waals surface area contributed by atoms with Gasteiger partial charge in [0.1, 0.15) is 0 Å². The van der Waals surface area contributed by atoms with E-state index in [2.05, 4.69) is 40.5 Å². The van der Waals surface area contributed by atoms with Crippen molar-refractivity contribution >= 4 is 5.69 Å². The van der Waals surface area contributed by atoms with E-state index >= 15 is 0 Å². The number of hydrogen-bond acceptors (Lipinski definition) is 3. The van der Waals surface area contributed by atoms with E-state index in [4.69, 9.17) is 12.3 Å². The molecule has 0 aliphatic rings. The Morgan fingerprint density at radius 3 is 2.44 bits per heavy atom. The van der Waals surface area contributed by atoms with Gasteiger partial charge in [-0.1, -0.05) is 12.1 Å². The Labute approximate surface area is 97.6 Å². The highest BCUT2D eigenvalue weighted by molar-refractivity contribution is 5.46. The molecule has 1 aromatic carbocycles. The third-order valence-corrected chi connectivity index (χ3v) is 2.59. The molecule has 0 aromatic heterocycles. The lowest BCUT2D eigenvalue weighted by atomic mass is 10.0. The van der Waals surface area contributed by atoms with Crippen LogP contribution in [0.5, 0.6) is 0 Å². The van der Waals surface area contributed by atoms with Crippen LogP contribution in [-0.4, -0.2) is 14.1 Å².